The quantitative estimate of drug-likeness (QED) is 0.841. The fourth-order valence-electron chi connectivity index (χ4n) is 1.75. The van der Waals surface area contributed by atoms with E-state index in [0.29, 0.717) is 0 Å². The number of hydrogen-bond donors (Lipinski definition) is 0. The van der Waals surface area contributed by atoms with Gasteiger partial charge in [0.2, 0.25) is 5.91 Å². The Kier molecular flexibility index (Phi) is 5.18. The average Bonchev–Trinajstić information content (AvgIpc) is 2.67. The third-order valence-corrected chi connectivity index (χ3v) is 4.68. The van der Waals surface area contributed by atoms with Crippen LogP contribution in [-0.4, -0.2) is 29.0 Å². The molecule has 3 nitrogen and oxygen atoms in total. The Morgan fingerprint density at radius 3 is 2.30 bits per heavy atom. The molecule has 0 N–H and O–H groups in total. The maximum absolute atomic E-state index is 12.3. The predicted molar refractivity (Wildman–Crippen MR) is 72.8 cm³/mol. The van der Waals surface area contributed by atoms with Gasteiger partial charge in [-0.2, -0.15) is 13.2 Å². The molecule has 0 saturated heterocycles. The zero-order valence-corrected chi connectivity index (χ0v) is 13.0. The van der Waals surface area contributed by atoms with Gasteiger partial charge < -0.3 is 4.90 Å². The number of aromatic nitrogens is 1. The van der Waals surface area contributed by atoms with Crippen LogP contribution in [0, 0.1) is 6.92 Å². The molecule has 1 unspecified atom stereocenters. The Labute approximate surface area is 120 Å². The van der Waals surface area contributed by atoms with E-state index >= 15 is 0 Å². The number of hydrogen-bond acceptors (Lipinski definition) is 3. The molecule has 1 rings (SSSR count). The van der Waals surface area contributed by atoms with Gasteiger partial charge in [-0.3, -0.25) is 4.79 Å². The van der Waals surface area contributed by atoms with E-state index in [2.05, 4.69) is 4.98 Å². The summed E-state index contributed by atoms with van der Waals surface area (Å²) in [5.41, 5.74) is 0.776. The summed E-state index contributed by atoms with van der Waals surface area (Å²) < 4.78 is 36.8. The Balaban J connectivity index is 2.89. The third-order valence-electron chi connectivity index (χ3n) is 3.05. The average molecular weight is 308 g/mol. The lowest BCUT2D eigenvalue weighted by molar-refractivity contribution is -0.161. The molecule has 0 aromatic carbocycles. The highest BCUT2D eigenvalue weighted by atomic mass is 32.1. The summed E-state index contributed by atoms with van der Waals surface area (Å²) in [7, 11) is 1.40. The van der Waals surface area contributed by atoms with Crippen LogP contribution in [0.15, 0.2) is 0 Å². The van der Waals surface area contributed by atoms with Crippen molar-refractivity contribution in [2.24, 2.45) is 0 Å². The van der Waals surface area contributed by atoms with E-state index in [9.17, 15) is 18.0 Å². The Morgan fingerprint density at radius 1 is 1.35 bits per heavy atom. The molecule has 20 heavy (non-hydrogen) atoms. The van der Waals surface area contributed by atoms with Crippen LogP contribution in [0.5, 0.6) is 0 Å². The van der Waals surface area contributed by atoms with Crippen LogP contribution in [0.1, 0.15) is 54.7 Å². The van der Waals surface area contributed by atoms with Crippen molar-refractivity contribution in [1.82, 2.24) is 9.88 Å². The predicted octanol–water partition coefficient (Wildman–Crippen LogP) is 4.05. The van der Waals surface area contributed by atoms with Crippen LogP contribution in [0.2, 0.25) is 0 Å². The van der Waals surface area contributed by atoms with Gasteiger partial charge in [0.1, 0.15) is 6.42 Å². The second kappa shape index (κ2) is 6.11. The number of thiazole rings is 1. The van der Waals surface area contributed by atoms with E-state index < -0.39 is 24.5 Å². The molecular formula is C13H19F3N2OS. The van der Waals surface area contributed by atoms with Gasteiger partial charge in [-0.15, -0.1) is 11.3 Å². The topological polar surface area (TPSA) is 33.2 Å². The normalized spacial score (nSPS) is 13.7. The van der Waals surface area contributed by atoms with Crippen LogP contribution in [0.25, 0.3) is 0 Å². The first-order valence-corrected chi connectivity index (χ1v) is 7.14. The molecule has 7 heteroatoms. The second-order valence-electron chi connectivity index (χ2n) is 5.13. The van der Waals surface area contributed by atoms with Crippen molar-refractivity contribution >= 4 is 17.2 Å². The van der Waals surface area contributed by atoms with Crippen molar-refractivity contribution < 1.29 is 18.0 Å². The number of carbonyl (C=O) groups is 1. The molecule has 0 spiro atoms. The molecule has 114 valence electrons. The summed E-state index contributed by atoms with van der Waals surface area (Å²) in [4.78, 5) is 18.0. The monoisotopic (exact) mass is 308 g/mol. The van der Waals surface area contributed by atoms with Crippen molar-refractivity contribution in [3.8, 4) is 0 Å². The van der Waals surface area contributed by atoms with Gasteiger partial charge in [-0.1, -0.05) is 13.8 Å². The Bertz CT molecular complexity index is 482. The first kappa shape index (κ1) is 16.9. The van der Waals surface area contributed by atoms with Gasteiger partial charge in [-0.05, 0) is 13.8 Å². The maximum Gasteiger partial charge on any atom is 0.397 e. The smallest absolute Gasteiger partial charge is 0.338 e. The summed E-state index contributed by atoms with van der Waals surface area (Å²) in [6, 6.07) is -0.408. The third kappa shape index (κ3) is 4.19. The van der Waals surface area contributed by atoms with Crippen LogP contribution < -0.4 is 0 Å². The summed E-state index contributed by atoms with van der Waals surface area (Å²) >= 11 is 1.45. The summed E-state index contributed by atoms with van der Waals surface area (Å²) in [6.45, 7) is 7.55. The van der Waals surface area contributed by atoms with Crippen LogP contribution in [-0.2, 0) is 4.79 Å². The van der Waals surface area contributed by atoms with Crippen molar-refractivity contribution in [2.75, 3.05) is 7.05 Å². The lowest BCUT2D eigenvalue weighted by Crippen LogP contribution is -2.32. The van der Waals surface area contributed by atoms with E-state index in [0.717, 1.165) is 20.5 Å². The van der Waals surface area contributed by atoms with Crippen molar-refractivity contribution in [2.45, 2.75) is 52.3 Å². The Morgan fingerprint density at radius 2 is 1.90 bits per heavy atom. The fourth-order valence-corrected chi connectivity index (χ4v) is 2.92. The van der Waals surface area contributed by atoms with Gasteiger partial charge in [-0.25, -0.2) is 4.98 Å². The van der Waals surface area contributed by atoms with Gasteiger partial charge >= 0.3 is 6.18 Å². The molecule has 0 aliphatic carbocycles. The van der Waals surface area contributed by atoms with Crippen molar-refractivity contribution in [1.29, 1.82) is 0 Å². The first-order valence-electron chi connectivity index (χ1n) is 6.32. The number of rotatable bonds is 4. The fraction of sp³-hybridized carbons (Fsp3) is 0.692. The van der Waals surface area contributed by atoms with Gasteiger partial charge in [0.25, 0.3) is 0 Å². The van der Waals surface area contributed by atoms with Crippen LogP contribution in [0.3, 0.4) is 0 Å². The highest BCUT2D eigenvalue weighted by molar-refractivity contribution is 7.11. The van der Waals surface area contributed by atoms with E-state index in [-0.39, 0.29) is 5.92 Å². The van der Waals surface area contributed by atoms with E-state index in [1.54, 1.807) is 6.92 Å². The number of nitrogens with zero attached hydrogens (tertiary/aromatic N) is 2. The highest BCUT2D eigenvalue weighted by Crippen LogP contribution is 2.32. The van der Waals surface area contributed by atoms with Crippen molar-refractivity contribution in [3.05, 3.63) is 15.6 Å². The molecule has 1 amide bonds. The standard InChI is InChI=1S/C13H19F3N2OS/c1-7(2)12-17-8(3)11(20-12)9(4)18(5)10(19)6-13(14,15)16/h7,9H,6H2,1-5H3. The molecule has 1 aromatic rings. The number of amides is 1. The molecule has 1 atom stereocenters. The molecular weight excluding hydrogens is 289 g/mol. The van der Waals surface area contributed by atoms with Crippen molar-refractivity contribution in [3.63, 3.8) is 0 Å². The summed E-state index contributed by atoms with van der Waals surface area (Å²) in [6.07, 6.45) is -5.90. The zero-order valence-electron chi connectivity index (χ0n) is 12.2. The lowest BCUT2D eigenvalue weighted by atomic mass is 10.2. The molecule has 0 aliphatic rings. The molecule has 1 aromatic heterocycles. The largest absolute Gasteiger partial charge is 0.397 e. The van der Waals surface area contributed by atoms with Gasteiger partial charge in [0.15, 0.2) is 0 Å². The summed E-state index contributed by atoms with van der Waals surface area (Å²) in [5, 5.41) is 0.932. The Hall–Kier alpha value is -1.11. The first-order chi connectivity index (χ1) is 9.03. The molecule has 1 heterocycles. The molecule has 0 aliphatic heterocycles. The molecule has 0 bridgehead atoms. The minimum Gasteiger partial charge on any atom is -0.338 e. The lowest BCUT2D eigenvalue weighted by Gasteiger charge is -2.25. The molecule has 0 fully saturated rings. The second-order valence-corrected chi connectivity index (χ2v) is 6.19. The number of carbonyl (C=O) groups excluding carboxylic acids is 1. The molecule has 0 saturated carbocycles. The van der Waals surface area contributed by atoms with Crippen LogP contribution >= 0.6 is 11.3 Å². The number of halogens is 3. The van der Waals surface area contributed by atoms with E-state index in [1.165, 1.54) is 18.4 Å². The van der Waals surface area contributed by atoms with Gasteiger partial charge in [0.05, 0.1) is 16.7 Å². The minimum atomic E-state index is -4.48. The maximum atomic E-state index is 12.3. The van der Waals surface area contributed by atoms with Gasteiger partial charge in [0, 0.05) is 17.8 Å². The SMILES string of the molecule is Cc1nc(C(C)C)sc1C(C)N(C)C(=O)CC(F)(F)F. The summed E-state index contributed by atoms with van der Waals surface area (Å²) in [5.74, 6) is -0.667. The molecule has 0 radical (unpaired) electrons. The van der Waals surface area contributed by atoms with Crippen LogP contribution in [0.4, 0.5) is 13.2 Å². The van der Waals surface area contributed by atoms with E-state index in [4.69, 9.17) is 0 Å². The zero-order chi connectivity index (χ0) is 15.7. The highest BCUT2D eigenvalue weighted by Gasteiger charge is 2.34. The number of aryl methyl sites for hydroxylation is 1. The van der Waals surface area contributed by atoms with E-state index in [1.807, 2.05) is 20.8 Å². The number of alkyl halides is 3. The minimum absolute atomic E-state index is 0.260.